The first-order valence-electron chi connectivity index (χ1n) is 6.41. The normalized spacial score (nSPS) is 23.2. The molecule has 0 amide bonds. The summed E-state index contributed by atoms with van der Waals surface area (Å²) in [6.07, 6.45) is 7.39. The molecule has 100 valence electrons. The first-order valence-corrected chi connectivity index (χ1v) is 7.14. The Balaban J connectivity index is 1.61. The Kier molecular flexibility index (Phi) is 3.54. The molecule has 2 heterocycles. The first kappa shape index (κ1) is 12.3. The second-order valence-electron chi connectivity index (χ2n) is 4.75. The van der Waals surface area contributed by atoms with Gasteiger partial charge in [-0.05, 0) is 31.7 Å². The molecule has 0 spiro atoms. The smallest absolute Gasteiger partial charge is 0.266 e. The Bertz CT molecular complexity index is 574. The number of hydrogen-bond acceptors (Lipinski definition) is 6. The molecule has 0 aliphatic heterocycles. The van der Waals surface area contributed by atoms with E-state index in [1.165, 1.54) is 11.7 Å². The van der Waals surface area contributed by atoms with Gasteiger partial charge in [0.2, 0.25) is 0 Å². The highest BCUT2D eigenvalue weighted by atomic mass is 32.1. The van der Waals surface area contributed by atoms with Gasteiger partial charge in [0.25, 0.3) is 5.56 Å². The molecule has 1 aliphatic carbocycles. The molecule has 1 N–H and O–H groups in total. The minimum Gasteiger partial charge on any atom is -0.365 e. The number of anilines is 1. The van der Waals surface area contributed by atoms with Crippen molar-refractivity contribution in [3.63, 3.8) is 0 Å². The molecule has 1 saturated carbocycles. The van der Waals surface area contributed by atoms with Gasteiger partial charge in [0.05, 0.1) is 24.0 Å². The molecule has 19 heavy (non-hydrogen) atoms. The summed E-state index contributed by atoms with van der Waals surface area (Å²) in [4.78, 5) is 11.7. The van der Waals surface area contributed by atoms with Crippen LogP contribution in [0.4, 0.5) is 5.82 Å². The minimum absolute atomic E-state index is 0.0115. The van der Waals surface area contributed by atoms with E-state index in [1.807, 2.05) is 0 Å². The SMILES string of the molecule is O=c1cccnn1C1CCC(Nc2cnsn2)CC1. The summed E-state index contributed by atoms with van der Waals surface area (Å²) in [5, 5.41) is 7.54. The second kappa shape index (κ2) is 5.48. The zero-order chi connectivity index (χ0) is 13.1. The van der Waals surface area contributed by atoms with E-state index in [-0.39, 0.29) is 11.6 Å². The van der Waals surface area contributed by atoms with Crippen LogP contribution < -0.4 is 10.9 Å². The summed E-state index contributed by atoms with van der Waals surface area (Å²) < 4.78 is 9.74. The maximum atomic E-state index is 11.7. The average molecular weight is 277 g/mol. The molecule has 0 saturated heterocycles. The molecular weight excluding hydrogens is 262 g/mol. The van der Waals surface area contributed by atoms with Crippen molar-refractivity contribution in [1.29, 1.82) is 0 Å². The molecule has 1 aliphatic rings. The van der Waals surface area contributed by atoms with Gasteiger partial charge in [-0.2, -0.15) is 13.8 Å². The fraction of sp³-hybridized carbons (Fsp3) is 0.500. The van der Waals surface area contributed by atoms with Gasteiger partial charge in [0.15, 0.2) is 5.82 Å². The molecule has 2 aromatic rings. The van der Waals surface area contributed by atoms with Crippen molar-refractivity contribution >= 4 is 17.5 Å². The van der Waals surface area contributed by atoms with Crippen LogP contribution >= 0.6 is 11.7 Å². The first-order chi connectivity index (χ1) is 9.33. The van der Waals surface area contributed by atoms with Gasteiger partial charge in [0.1, 0.15) is 0 Å². The van der Waals surface area contributed by atoms with Gasteiger partial charge in [-0.3, -0.25) is 4.79 Å². The number of aromatic nitrogens is 4. The highest BCUT2D eigenvalue weighted by Crippen LogP contribution is 2.28. The molecule has 3 rings (SSSR count). The summed E-state index contributed by atoms with van der Waals surface area (Å²) in [6, 6.07) is 3.89. The zero-order valence-corrected chi connectivity index (χ0v) is 11.2. The van der Waals surface area contributed by atoms with Crippen LogP contribution in [0.2, 0.25) is 0 Å². The van der Waals surface area contributed by atoms with Crippen LogP contribution in [0.15, 0.2) is 29.3 Å². The highest BCUT2D eigenvalue weighted by molar-refractivity contribution is 6.99. The van der Waals surface area contributed by atoms with Crippen LogP contribution in [0, 0.1) is 0 Å². The standard InChI is InChI=1S/C12H15N5OS/c18-12-2-1-7-13-17(12)10-5-3-9(4-6-10)15-11-8-14-19-16-11/h1-2,7-10H,3-6H2,(H,15,16). The van der Waals surface area contributed by atoms with Crippen molar-refractivity contribution in [1.82, 2.24) is 18.5 Å². The van der Waals surface area contributed by atoms with Crippen LogP contribution in [0.5, 0.6) is 0 Å². The third-order valence-corrected chi connectivity index (χ3v) is 3.98. The lowest BCUT2D eigenvalue weighted by molar-refractivity contribution is 0.303. The van der Waals surface area contributed by atoms with Crippen molar-refractivity contribution in [2.24, 2.45) is 0 Å². The lowest BCUT2D eigenvalue weighted by Gasteiger charge is -2.29. The Labute approximate surface area is 114 Å². The van der Waals surface area contributed by atoms with E-state index in [9.17, 15) is 4.79 Å². The van der Waals surface area contributed by atoms with Crippen molar-refractivity contribution in [3.8, 4) is 0 Å². The molecule has 1 fully saturated rings. The monoisotopic (exact) mass is 277 g/mol. The summed E-state index contributed by atoms with van der Waals surface area (Å²) in [5.74, 6) is 0.850. The quantitative estimate of drug-likeness (QED) is 0.924. The zero-order valence-electron chi connectivity index (χ0n) is 10.4. The van der Waals surface area contributed by atoms with Crippen LogP contribution in [0.3, 0.4) is 0 Å². The van der Waals surface area contributed by atoms with Gasteiger partial charge in [-0.25, -0.2) is 4.68 Å². The van der Waals surface area contributed by atoms with Crippen molar-refractivity contribution in [2.75, 3.05) is 5.32 Å². The van der Waals surface area contributed by atoms with E-state index < -0.39 is 0 Å². The highest BCUT2D eigenvalue weighted by Gasteiger charge is 2.23. The lowest BCUT2D eigenvalue weighted by atomic mass is 9.91. The number of rotatable bonds is 3. The van der Waals surface area contributed by atoms with Crippen molar-refractivity contribution in [3.05, 3.63) is 34.9 Å². The predicted octanol–water partition coefficient (Wildman–Crippen LogP) is 1.69. The van der Waals surface area contributed by atoms with Gasteiger partial charge in [0, 0.05) is 18.3 Å². The van der Waals surface area contributed by atoms with Gasteiger partial charge in [-0.1, -0.05) is 0 Å². The molecule has 0 radical (unpaired) electrons. The topological polar surface area (TPSA) is 72.7 Å². The number of hydrogen-bond donors (Lipinski definition) is 1. The fourth-order valence-corrected chi connectivity index (χ4v) is 2.93. The lowest BCUT2D eigenvalue weighted by Crippen LogP contribution is -2.32. The summed E-state index contributed by atoms with van der Waals surface area (Å²) in [5.41, 5.74) is -0.0115. The van der Waals surface area contributed by atoms with E-state index in [4.69, 9.17) is 0 Å². The molecule has 0 unspecified atom stereocenters. The second-order valence-corrected chi connectivity index (χ2v) is 5.31. The third-order valence-electron chi connectivity index (χ3n) is 3.50. The largest absolute Gasteiger partial charge is 0.365 e. The summed E-state index contributed by atoms with van der Waals surface area (Å²) in [7, 11) is 0. The molecule has 0 bridgehead atoms. The van der Waals surface area contributed by atoms with Crippen LogP contribution in [0.25, 0.3) is 0 Å². The number of nitrogens with zero attached hydrogens (tertiary/aromatic N) is 4. The Hall–Kier alpha value is -1.76. The van der Waals surface area contributed by atoms with Crippen LogP contribution in [-0.2, 0) is 0 Å². The van der Waals surface area contributed by atoms with Gasteiger partial charge in [-0.15, -0.1) is 0 Å². The minimum atomic E-state index is -0.0115. The molecule has 0 aromatic carbocycles. The van der Waals surface area contributed by atoms with E-state index >= 15 is 0 Å². The summed E-state index contributed by atoms with van der Waals surface area (Å²) >= 11 is 1.21. The number of nitrogens with one attached hydrogen (secondary N) is 1. The van der Waals surface area contributed by atoms with Crippen LogP contribution in [-0.4, -0.2) is 24.6 Å². The molecule has 2 aromatic heterocycles. The Morgan fingerprint density at radius 2 is 2.16 bits per heavy atom. The molecular formula is C12H15N5OS. The fourth-order valence-electron chi connectivity index (χ4n) is 2.55. The van der Waals surface area contributed by atoms with E-state index in [0.29, 0.717) is 6.04 Å². The van der Waals surface area contributed by atoms with Gasteiger partial charge < -0.3 is 5.32 Å². The third kappa shape index (κ3) is 2.81. The maximum Gasteiger partial charge on any atom is 0.266 e. The Morgan fingerprint density at radius 1 is 1.32 bits per heavy atom. The van der Waals surface area contributed by atoms with E-state index in [2.05, 4.69) is 19.2 Å². The maximum absolute atomic E-state index is 11.7. The van der Waals surface area contributed by atoms with Gasteiger partial charge >= 0.3 is 0 Å². The molecule has 0 atom stereocenters. The molecule has 6 nitrogen and oxygen atoms in total. The average Bonchev–Trinajstić information content (AvgIpc) is 2.93. The predicted molar refractivity (Wildman–Crippen MR) is 73.3 cm³/mol. The molecule has 7 heteroatoms. The van der Waals surface area contributed by atoms with Crippen molar-refractivity contribution in [2.45, 2.75) is 37.8 Å². The summed E-state index contributed by atoms with van der Waals surface area (Å²) in [6.45, 7) is 0. The van der Waals surface area contributed by atoms with E-state index in [0.717, 1.165) is 31.5 Å². The van der Waals surface area contributed by atoms with Crippen LogP contribution in [0.1, 0.15) is 31.7 Å². The Morgan fingerprint density at radius 3 is 2.84 bits per heavy atom. The van der Waals surface area contributed by atoms with E-state index in [1.54, 1.807) is 29.2 Å². The van der Waals surface area contributed by atoms with Crippen molar-refractivity contribution < 1.29 is 0 Å².